The number of nitrogens with two attached hydrogens (primary N) is 1. The smallest absolute Gasteiger partial charge is 0.222 e. The van der Waals surface area contributed by atoms with Gasteiger partial charge in [0.15, 0.2) is 9.84 Å². The van der Waals surface area contributed by atoms with E-state index in [1.807, 2.05) is 4.90 Å². The van der Waals surface area contributed by atoms with Crippen molar-refractivity contribution < 1.29 is 17.9 Å². The van der Waals surface area contributed by atoms with E-state index in [0.29, 0.717) is 18.8 Å². The van der Waals surface area contributed by atoms with Gasteiger partial charge in [0.05, 0.1) is 11.5 Å². The summed E-state index contributed by atoms with van der Waals surface area (Å²) in [7, 11) is -3.18. The number of carbonyl (C=O) groups excluding carboxylic acids is 1. The summed E-state index contributed by atoms with van der Waals surface area (Å²) in [6, 6.07) is 6.82. The molecule has 0 radical (unpaired) electrons. The summed E-state index contributed by atoms with van der Waals surface area (Å²) >= 11 is 0. The number of piperidine rings is 1. The van der Waals surface area contributed by atoms with Gasteiger partial charge in [-0.15, -0.1) is 0 Å². The maximum atomic E-state index is 12.3. The summed E-state index contributed by atoms with van der Waals surface area (Å²) in [4.78, 5) is 14.5. The van der Waals surface area contributed by atoms with Gasteiger partial charge in [-0.25, -0.2) is 8.42 Å². The summed E-state index contributed by atoms with van der Waals surface area (Å²) in [5, 5.41) is 0. The third-order valence-corrected chi connectivity index (χ3v) is 5.67. The zero-order valence-electron chi connectivity index (χ0n) is 15.0. The van der Waals surface area contributed by atoms with Crippen LogP contribution in [0.25, 0.3) is 0 Å². The van der Waals surface area contributed by atoms with Crippen LogP contribution in [0, 0.1) is 0 Å². The van der Waals surface area contributed by atoms with Gasteiger partial charge in [-0.2, -0.15) is 0 Å². The van der Waals surface area contributed by atoms with Crippen molar-refractivity contribution in [3.63, 3.8) is 0 Å². The minimum Gasteiger partial charge on any atom is -0.494 e. The molecular formula is C18H28N2O4S. The van der Waals surface area contributed by atoms with Crippen LogP contribution < -0.4 is 10.5 Å². The van der Waals surface area contributed by atoms with Crippen molar-refractivity contribution in [2.75, 3.05) is 19.4 Å². The first kappa shape index (κ1) is 19.7. The minimum atomic E-state index is -3.18. The van der Waals surface area contributed by atoms with Crippen molar-refractivity contribution in [3.05, 3.63) is 24.3 Å². The second-order valence-corrected chi connectivity index (χ2v) is 8.79. The number of unbranched alkanes of at least 4 members (excludes halogenated alkanes) is 1. The maximum absolute atomic E-state index is 12.3. The van der Waals surface area contributed by atoms with E-state index in [2.05, 4.69) is 6.92 Å². The summed E-state index contributed by atoms with van der Waals surface area (Å²) in [6.45, 7) is 3.32. The van der Waals surface area contributed by atoms with Crippen LogP contribution in [-0.4, -0.2) is 50.7 Å². The maximum Gasteiger partial charge on any atom is 0.222 e. The Morgan fingerprint density at radius 3 is 2.56 bits per heavy atom. The van der Waals surface area contributed by atoms with Crippen molar-refractivity contribution in [1.29, 1.82) is 0 Å². The van der Waals surface area contributed by atoms with Gasteiger partial charge in [0.1, 0.15) is 5.75 Å². The SMILES string of the molecule is C[C@H]1C[C@@H](N)CCN1C(=O)CCCCOc1ccc(S(C)(=O)=O)cc1. The van der Waals surface area contributed by atoms with E-state index in [-0.39, 0.29) is 22.9 Å². The van der Waals surface area contributed by atoms with Crippen molar-refractivity contribution in [2.24, 2.45) is 5.73 Å². The van der Waals surface area contributed by atoms with Crippen LogP contribution in [0.5, 0.6) is 5.75 Å². The number of hydrogen-bond donors (Lipinski definition) is 1. The van der Waals surface area contributed by atoms with Crippen molar-refractivity contribution >= 4 is 15.7 Å². The third-order valence-electron chi connectivity index (χ3n) is 4.54. The molecule has 25 heavy (non-hydrogen) atoms. The summed E-state index contributed by atoms with van der Waals surface area (Å²) in [5.41, 5.74) is 5.93. The zero-order chi connectivity index (χ0) is 18.4. The molecule has 1 amide bonds. The average Bonchev–Trinajstić information content (AvgIpc) is 2.54. The standard InChI is InChI=1S/C18H28N2O4S/c1-14-13-15(19)10-11-20(14)18(21)5-3-4-12-24-16-6-8-17(9-7-16)25(2,22)23/h6-9,14-15H,3-5,10-13,19H2,1-2H3/t14-,15-/m0/s1. The molecule has 0 unspecified atom stereocenters. The van der Waals surface area contributed by atoms with E-state index < -0.39 is 9.84 Å². The van der Waals surface area contributed by atoms with Crippen LogP contribution in [0.2, 0.25) is 0 Å². The van der Waals surface area contributed by atoms with Crippen molar-refractivity contribution in [1.82, 2.24) is 4.90 Å². The molecule has 1 heterocycles. The number of ether oxygens (including phenoxy) is 1. The van der Waals surface area contributed by atoms with Gasteiger partial charge < -0.3 is 15.4 Å². The van der Waals surface area contributed by atoms with Gasteiger partial charge in [-0.1, -0.05) is 0 Å². The quantitative estimate of drug-likeness (QED) is 0.743. The van der Waals surface area contributed by atoms with Gasteiger partial charge in [0, 0.05) is 31.3 Å². The number of benzene rings is 1. The third kappa shape index (κ3) is 6.01. The van der Waals surface area contributed by atoms with E-state index in [4.69, 9.17) is 10.5 Å². The van der Waals surface area contributed by atoms with Gasteiger partial charge in [0.2, 0.25) is 5.91 Å². The molecule has 2 rings (SSSR count). The lowest BCUT2D eigenvalue weighted by molar-refractivity contribution is -0.134. The Balaban J connectivity index is 1.67. The Morgan fingerprint density at radius 2 is 1.96 bits per heavy atom. The van der Waals surface area contributed by atoms with Crippen LogP contribution in [0.3, 0.4) is 0 Å². The Hall–Kier alpha value is -1.60. The Morgan fingerprint density at radius 1 is 1.28 bits per heavy atom. The van der Waals surface area contributed by atoms with Crippen LogP contribution >= 0.6 is 0 Å². The highest BCUT2D eigenvalue weighted by Crippen LogP contribution is 2.18. The Kier molecular flexibility index (Phi) is 6.84. The number of amides is 1. The molecule has 1 aromatic carbocycles. The number of rotatable bonds is 7. The molecule has 7 heteroatoms. The van der Waals surface area contributed by atoms with E-state index >= 15 is 0 Å². The first-order valence-corrected chi connectivity index (χ1v) is 10.6. The van der Waals surface area contributed by atoms with Gasteiger partial charge in [-0.3, -0.25) is 4.79 Å². The molecule has 1 aromatic rings. The molecular weight excluding hydrogens is 340 g/mol. The van der Waals surface area contributed by atoms with Crippen molar-refractivity contribution in [3.8, 4) is 5.75 Å². The summed E-state index contributed by atoms with van der Waals surface area (Å²) < 4.78 is 28.4. The topological polar surface area (TPSA) is 89.7 Å². The summed E-state index contributed by atoms with van der Waals surface area (Å²) in [6.07, 6.45) is 5.00. The second kappa shape index (κ2) is 8.67. The normalized spacial score (nSPS) is 21.2. The predicted octanol–water partition coefficient (Wildman–Crippen LogP) is 1.98. The number of sulfone groups is 1. The van der Waals surface area contributed by atoms with E-state index in [0.717, 1.165) is 32.2 Å². The largest absolute Gasteiger partial charge is 0.494 e. The molecule has 0 bridgehead atoms. The first-order valence-electron chi connectivity index (χ1n) is 8.75. The average molecular weight is 368 g/mol. The molecule has 1 aliphatic rings. The van der Waals surface area contributed by atoms with Gasteiger partial charge in [0.25, 0.3) is 0 Å². The molecule has 0 spiro atoms. The Labute approximate surface area is 150 Å². The molecule has 1 fully saturated rings. The highest BCUT2D eigenvalue weighted by molar-refractivity contribution is 7.90. The zero-order valence-corrected chi connectivity index (χ0v) is 15.8. The van der Waals surface area contributed by atoms with Crippen LogP contribution in [0.1, 0.15) is 39.0 Å². The van der Waals surface area contributed by atoms with Crippen molar-refractivity contribution in [2.45, 2.75) is 56.0 Å². The fourth-order valence-corrected chi connectivity index (χ4v) is 3.70. The second-order valence-electron chi connectivity index (χ2n) is 6.77. The minimum absolute atomic E-state index is 0.192. The molecule has 0 aliphatic carbocycles. The molecule has 140 valence electrons. The molecule has 6 nitrogen and oxygen atoms in total. The highest BCUT2D eigenvalue weighted by atomic mass is 32.2. The lowest BCUT2D eigenvalue weighted by Gasteiger charge is -2.36. The van der Waals surface area contributed by atoms with E-state index in [1.54, 1.807) is 12.1 Å². The predicted molar refractivity (Wildman–Crippen MR) is 97.3 cm³/mol. The first-order chi connectivity index (χ1) is 11.8. The highest BCUT2D eigenvalue weighted by Gasteiger charge is 2.26. The fourth-order valence-electron chi connectivity index (χ4n) is 3.07. The summed E-state index contributed by atoms with van der Waals surface area (Å²) in [5.74, 6) is 0.828. The molecule has 0 saturated carbocycles. The molecule has 0 aromatic heterocycles. The number of nitrogens with zero attached hydrogens (tertiary/aromatic N) is 1. The molecule has 1 saturated heterocycles. The number of hydrogen-bond acceptors (Lipinski definition) is 5. The van der Waals surface area contributed by atoms with Crippen LogP contribution in [0.4, 0.5) is 0 Å². The lowest BCUT2D eigenvalue weighted by Crippen LogP contribution is -2.48. The fraction of sp³-hybridized carbons (Fsp3) is 0.611. The van der Waals surface area contributed by atoms with E-state index in [9.17, 15) is 13.2 Å². The van der Waals surface area contributed by atoms with Crippen LogP contribution in [-0.2, 0) is 14.6 Å². The molecule has 2 atom stereocenters. The Bertz CT molecular complexity index is 673. The number of likely N-dealkylation sites (tertiary alicyclic amines) is 1. The lowest BCUT2D eigenvalue weighted by atomic mass is 9.98. The monoisotopic (exact) mass is 368 g/mol. The van der Waals surface area contributed by atoms with E-state index in [1.165, 1.54) is 18.4 Å². The molecule has 2 N–H and O–H groups in total. The molecule has 1 aliphatic heterocycles. The van der Waals surface area contributed by atoms with Gasteiger partial charge >= 0.3 is 0 Å². The van der Waals surface area contributed by atoms with Gasteiger partial charge in [-0.05, 0) is 56.9 Å². The van der Waals surface area contributed by atoms with Crippen LogP contribution in [0.15, 0.2) is 29.2 Å². The number of carbonyl (C=O) groups is 1.